The van der Waals surface area contributed by atoms with Gasteiger partial charge < -0.3 is 25.2 Å². The molecular weight excluding hydrogens is 476 g/mol. The van der Waals surface area contributed by atoms with Crippen LogP contribution in [0.5, 0.6) is 5.75 Å². The molecule has 1 amide bonds. The van der Waals surface area contributed by atoms with E-state index in [1.165, 1.54) is 7.11 Å². The topological polar surface area (TPSA) is 131 Å². The summed E-state index contributed by atoms with van der Waals surface area (Å²) in [6.07, 6.45) is 6.62. The predicted molar refractivity (Wildman–Crippen MR) is 138 cm³/mol. The lowest BCUT2D eigenvalue weighted by atomic mass is 9.82. The second kappa shape index (κ2) is 11.8. The molecule has 2 heterocycles. The molecule has 1 saturated carbocycles. The molecule has 1 aliphatic rings. The first-order valence-corrected chi connectivity index (χ1v) is 12.4. The number of fused-ring (bicyclic) bond motifs is 1. The van der Waals surface area contributed by atoms with Crippen LogP contribution in [0.2, 0.25) is 0 Å². The van der Waals surface area contributed by atoms with E-state index in [9.17, 15) is 19.5 Å². The summed E-state index contributed by atoms with van der Waals surface area (Å²) in [5.41, 5.74) is 2.00. The van der Waals surface area contributed by atoms with Crippen molar-refractivity contribution in [3.63, 3.8) is 0 Å². The number of methoxy groups -OCH3 is 2. The Labute approximate surface area is 215 Å². The van der Waals surface area contributed by atoms with Crippen molar-refractivity contribution in [2.75, 3.05) is 26.1 Å². The number of pyridine rings is 1. The van der Waals surface area contributed by atoms with Gasteiger partial charge in [-0.2, -0.15) is 0 Å². The molecule has 1 fully saturated rings. The van der Waals surface area contributed by atoms with Crippen molar-refractivity contribution < 1.29 is 29.0 Å². The van der Waals surface area contributed by atoms with Crippen LogP contribution < -0.4 is 15.4 Å². The molecule has 10 heteroatoms. The fourth-order valence-electron chi connectivity index (χ4n) is 4.90. The molecule has 3 N–H and O–H groups in total. The Bertz CT molecular complexity index is 1260. The third kappa shape index (κ3) is 6.02. The van der Waals surface area contributed by atoms with Crippen LogP contribution in [0.3, 0.4) is 0 Å². The van der Waals surface area contributed by atoms with Gasteiger partial charge in [-0.1, -0.05) is 19.3 Å². The highest BCUT2D eigenvalue weighted by Crippen LogP contribution is 2.32. The van der Waals surface area contributed by atoms with Gasteiger partial charge >= 0.3 is 11.9 Å². The van der Waals surface area contributed by atoms with Crippen LogP contribution in [0.25, 0.3) is 16.9 Å². The van der Waals surface area contributed by atoms with Crippen LogP contribution in [-0.2, 0) is 14.3 Å². The Hall–Kier alpha value is -4.08. The van der Waals surface area contributed by atoms with Gasteiger partial charge in [0.05, 0.1) is 26.2 Å². The van der Waals surface area contributed by atoms with Crippen molar-refractivity contribution in [3.05, 3.63) is 48.2 Å². The minimum Gasteiger partial charge on any atom is -0.497 e. The molecule has 1 aliphatic carbocycles. The van der Waals surface area contributed by atoms with Gasteiger partial charge in [0.1, 0.15) is 23.8 Å². The Morgan fingerprint density at radius 3 is 2.49 bits per heavy atom. The smallest absolute Gasteiger partial charge is 0.325 e. The second-order valence-electron chi connectivity index (χ2n) is 9.16. The van der Waals surface area contributed by atoms with Crippen molar-refractivity contribution >= 4 is 29.3 Å². The van der Waals surface area contributed by atoms with E-state index in [-0.39, 0.29) is 24.8 Å². The number of hydrogen-bond acceptors (Lipinski definition) is 7. The molecule has 0 bridgehead atoms. The lowest BCUT2D eigenvalue weighted by Crippen LogP contribution is -2.42. The summed E-state index contributed by atoms with van der Waals surface area (Å²) in [5.74, 6) is -0.438. The maximum Gasteiger partial charge on any atom is 0.325 e. The number of anilines is 1. The number of hydrogen-bond donors (Lipinski definition) is 3. The first kappa shape index (κ1) is 26.0. The van der Waals surface area contributed by atoms with Crippen LogP contribution in [-0.4, -0.2) is 59.1 Å². The second-order valence-corrected chi connectivity index (χ2v) is 9.16. The number of esters is 1. The third-order valence-electron chi connectivity index (χ3n) is 6.82. The number of carboxylic acid groups (broad SMARTS) is 1. The van der Waals surface area contributed by atoms with Crippen LogP contribution >= 0.6 is 0 Å². The van der Waals surface area contributed by atoms with Gasteiger partial charge in [0.25, 0.3) is 5.91 Å². The molecule has 196 valence electrons. The van der Waals surface area contributed by atoms with Gasteiger partial charge in [0, 0.05) is 17.8 Å². The van der Waals surface area contributed by atoms with E-state index in [0.29, 0.717) is 28.5 Å². The molecule has 0 aliphatic heterocycles. The number of carboxylic acids is 1. The fourth-order valence-corrected chi connectivity index (χ4v) is 4.90. The number of imidazole rings is 1. The fraction of sp³-hybridized carbons (Fsp3) is 0.407. The Morgan fingerprint density at radius 2 is 1.84 bits per heavy atom. The van der Waals surface area contributed by atoms with E-state index >= 15 is 0 Å². The van der Waals surface area contributed by atoms with Crippen molar-refractivity contribution in [2.45, 2.75) is 44.6 Å². The summed E-state index contributed by atoms with van der Waals surface area (Å²) in [6, 6.07) is 10.2. The lowest BCUT2D eigenvalue weighted by molar-refractivity contribution is -0.139. The number of benzene rings is 1. The number of ether oxygens (including phenoxy) is 2. The number of rotatable bonds is 10. The average molecular weight is 509 g/mol. The molecule has 1 aromatic carbocycles. The number of carbonyl (C=O) groups is 3. The molecule has 4 rings (SSSR count). The standard InChI is InChI=1S/C27H32N4O6/c1-36-19-12-10-18(11-13-19)24-26(28-16-23(34)37-2)31-14-6-9-20(25(31)30-24)27(35)29-21(15-22(32)33)17-7-4-3-5-8-17/h6,9-14,17,21,28H,3-5,7-8,15-16H2,1-2H3,(H,29,35)(H,32,33). The molecular formula is C27H32N4O6. The van der Waals surface area contributed by atoms with Gasteiger partial charge in [0.15, 0.2) is 5.65 Å². The van der Waals surface area contributed by atoms with E-state index in [1.54, 1.807) is 42.0 Å². The summed E-state index contributed by atoms with van der Waals surface area (Å²) in [5, 5.41) is 15.5. The highest BCUT2D eigenvalue weighted by Gasteiger charge is 2.29. The summed E-state index contributed by atoms with van der Waals surface area (Å²) >= 11 is 0. The molecule has 37 heavy (non-hydrogen) atoms. The van der Waals surface area contributed by atoms with Crippen molar-refractivity contribution in [3.8, 4) is 17.0 Å². The predicted octanol–water partition coefficient (Wildman–Crippen LogP) is 3.75. The number of aromatic nitrogens is 2. The van der Waals surface area contributed by atoms with Crippen molar-refractivity contribution in [1.29, 1.82) is 0 Å². The highest BCUT2D eigenvalue weighted by molar-refractivity contribution is 6.01. The normalized spacial score (nSPS) is 14.6. The minimum absolute atomic E-state index is 0.0910. The molecule has 10 nitrogen and oxygen atoms in total. The van der Waals surface area contributed by atoms with Crippen LogP contribution in [0, 0.1) is 5.92 Å². The molecule has 1 atom stereocenters. The molecule has 2 aromatic heterocycles. The zero-order valence-corrected chi connectivity index (χ0v) is 21.0. The number of aliphatic carboxylic acids is 1. The summed E-state index contributed by atoms with van der Waals surface area (Å²) in [4.78, 5) is 41.7. The van der Waals surface area contributed by atoms with E-state index in [1.807, 2.05) is 12.1 Å². The van der Waals surface area contributed by atoms with Crippen molar-refractivity contribution in [2.24, 2.45) is 5.92 Å². The number of nitrogens with zero attached hydrogens (tertiary/aromatic N) is 2. The zero-order valence-electron chi connectivity index (χ0n) is 21.0. The highest BCUT2D eigenvalue weighted by atomic mass is 16.5. The maximum atomic E-state index is 13.5. The van der Waals surface area contributed by atoms with Crippen LogP contribution in [0.1, 0.15) is 48.9 Å². The van der Waals surface area contributed by atoms with E-state index < -0.39 is 18.0 Å². The molecule has 3 aromatic rings. The van der Waals surface area contributed by atoms with Gasteiger partial charge in [0.2, 0.25) is 0 Å². The van der Waals surface area contributed by atoms with Gasteiger partial charge in [-0.25, -0.2) is 4.98 Å². The SMILES string of the molecule is COC(=O)CNc1c(-c2ccc(OC)cc2)nc2c(C(=O)NC(CC(=O)O)C3CCCCC3)cccn12. The van der Waals surface area contributed by atoms with Crippen LogP contribution in [0.15, 0.2) is 42.6 Å². The van der Waals surface area contributed by atoms with Crippen LogP contribution in [0.4, 0.5) is 5.82 Å². The molecule has 0 saturated heterocycles. The average Bonchev–Trinajstić information content (AvgIpc) is 3.30. The Kier molecular flexibility index (Phi) is 8.27. The summed E-state index contributed by atoms with van der Waals surface area (Å²) in [7, 11) is 2.89. The number of amides is 1. The molecule has 0 radical (unpaired) electrons. The van der Waals surface area contributed by atoms with Gasteiger partial charge in [-0.3, -0.25) is 18.8 Å². The quantitative estimate of drug-likeness (QED) is 0.353. The summed E-state index contributed by atoms with van der Waals surface area (Å²) < 4.78 is 11.7. The zero-order chi connectivity index (χ0) is 26.4. The van der Waals surface area contributed by atoms with Gasteiger partial charge in [-0.15, -0.1) is 0 Å². The number of nitrogens with one attached hydrogen (secondary N) is 2. The maximum absolute atomic E-state index is 13.5. The first-order valence-electron chi connectivity index (χ1n) is 12.4. The van der Waals surface area contributed by atoms with E-state index in [2.05, 4.69) is 10.6 Å². The first-order chi connectivity index (χ1) is 17.9. The Balaban J connectivity index is 1.72. The number of carbonyl (C=O) groups excluding carboxylic acids is 2. The van der Waals surface area contributed by atoms with E-state index in [0.717, 1.165) is 37.7 Å². The largest absolute Gasteiger partial charge is 0.497 e. The van der Waals surface area contributed by atoms with Gasteiger partial charge in [-0.05, 0) is 55.2 Å². The lowest BCUT2D eigenvalue weighted by Gasteiger charge is -2.30. The monoisotopic (exact) mass is 508 g/mol. The third-order valence-corrected chi connectivity index (χ3v) is 6.82. The van der Waals surface area contributed by atoms with Crippen molar-refractivity contribution in [1.82, 2.24) is 14.7 Å². The molecule has 0 spiro atoms. The molecule has 1 unspecified atom stereocenters. The van der Waals surface area contributed by atoms with E-state index in [4.69, 9.17) is 14.5 Å². The summed E-state index contributed by atoms with van der Waals surface area (Å²) in [6.45, 7) is -0.0910. The minimum atomic E-state index is -0.939. The Morgan fingerprint density at radius 1 is 1.11 bits per heavy atom.